The number of hydrogen-bond acceptors (Lipinski definition) is 6. The van der Waals surface area contributed by atoms with Crippen LogP contribution >= 0.6 is 0 Å². The molecule has 2 saturated heterocycles. The van der Waals surface area contributed by atoms with Gasteiger partial charge in [0.05, 0.1) is 0 Å². The predicted molar refractivity (Wildman–Crippen MR) is 79.5 cm³/mol. The topological polar surface area (TPSA) is 151 Å². The molecule has 10 nitrogen and oxygen atoms in total. The average Bonchev–Trinajstić information content (AvgIpc) is 2.52. The van der Waals surface area contributed by atoms with Crippen LogP contribution in [0.1, 0.15) is 11.5 Å². The van der Waals surface area contributed by atoms with Crippen molar-refractivity contribution in [2.24, 2.45) is 11.8 Å². The summed E-state index contributed by atoms with van der Waals surface area (Å²) in [7, 11) is 0. The Morgan fingerprint density at radius 1 is 0.600 bits per heavy atom. The minimum atomic E-state index is -1.50. The van der Waals surface area contributed by atoms with Gasteiger partial charge in [-0.1, -0.05) is 30.3 Å². The van der Waals surface area contributed by atoms with Gasteiger partial charge in [-0.25, -0.2) is 9.59 Å². The smallest absolute Gasteiger partial charge is 0.277 e. The zero-order valence-corrected chi connectivity index (χ0v) is 12.6. The van der Waals surface area contributed by atoms with E-state index < -0.39 is 53.4 Å². The molecule has 2 aliphatic heterocycles. The van der Waals surface area contributed by atoms with Crippen molar-refractivity contribution >= 4 is 35.7 Å². The van der Waals surface area contributed by atoms with Crippen molar-refractivity contribution in [3.8, 4) is 0 Å². The summed E-state index contributed by atoms with van der Waals surface area (Å²) in [6.07, 6.45) is 0. The molecule has 0 unspecified atom stereocenters. The summed E-state index contributed by atoms with van der Waals surface area (Å²) in [5, 5.41) is 7.79. The third kappa shape index (κ3) is 2.96. The van der Waals surface area contributed by atoms with Crippen molar-refractivity contribution in [3.63, 3.8) is 0 Å². The maximum atomic E-state index is 12.2. The molecule has 2 heterocycles. The van der Waals surface area contributed by atoms with Crippen LogP contribution in [0.5, 0.6) is 0 Å². The van der Waals surface area contributed by atoms with Gasteiger partial charge in [0.2, 0.25) is 23.6 Å². The first-order valence-corrected chi connectivity index (χ1v) is 7.25. The second-order valence-electron chi connectivity index (χ2n) is 5.51. The summed E-state index contributed by atoms with van der Waals surface area (Å²) in [6.45, 7) is 0. The summed E-state index contributed by atoms with van der Waals surface area (Å²) in [5.41, 5.74) is 0.358. The van der Waals surface area contributed by atoms with Crippen molar-refractivity contribution in [3.05, 3.63) is 35.9 Å². The lowest BCUT2D eigenvalue weighted by Gasteiger charge is -2.34. The highest BCUT2D eigenvalue weighted by atomic mass is 16.2. The first-order chi connectivity index (χ1) is 11.9. The lowest BCUT2D eigenvalue weighted by Crippen LogP contribution is -2.62. The molecule has 1 aromatic carbocycles. The quantitative estimate of drug-likeness (QED) is 0.502. The van der Waals surface area contributed by atoms with Crippen LogP contribution < -0.4 is 21.3 Å². The van der Waals surface area contributed by atoms with Crippen molar-refractivity contribution in [1.29, 1.82) is 0 Å². The largest absolute Gasteiger partial charge is 0.328 e. The molecule has 10 heteroatoms. The number of barbiturate groups is 2. The van der Waals surface area contributed by atoms with Gasteiger partial charge in [0.25, 0.3) is 0 Å². The molecule has 0 radical (unpaired) electrons. The molecule has 0 atom stereocenters. The Morgan fingerprint density at radius 3 is 1.32 bits per heavy atom. The Bertz CT molecular complexity index is 717. The lowest BCUT2D eigenvalue weighted by molar-refractivity contribution is -0.141. The predicted octanol–water partition coefficient (Wildman–Crippen LogP) is -1.27. The van der Waals surface area contributed by atoms with Crippen LogP contribution in [0, 0.1) is 11.8 Å². The van der Waals surface area contributed by atoms with Gasteiger partial charge in [0, 0.05) is 5.92 Å². The van der Waals surface area contributed by atoms with E-state index in [1.807, 2.05) is 21.3 Å². The van der Waals surface area contributed by atoms with E-state index in [9.17, 15) is 28.8 Å². The van der Waals surface area contributed by atoms with E-state index in [0.29, 0.717) is 5.56 Å². The maximum absolute atomic E-state index is 12.2. The number of imide groups is 4. The Balaban J connectivity index is 2.08. The lowest BCUT2D eigenvalue weighted by atomic mass is 9.74. The van der Waals surface area contributed by atoms with E-state index in [2.05, 4.69) is 0 Å². The molecule has 0 bridgehead atoms. The normalized spacial score (nSPS) is 19.4. The summed E-state index contributed by atoms with van der Waals surface area (Å²) in [5.74, 6) is -7.94. The van der Waals surface area contributed by atoms with E-state index in [-0.39, 0.29) is 0 Å². The molecule has 3 rings (SSSR count). The molecule has 1 aromatic rings. The fourth-order valence-corrected chi connectivity index (χ4v) is 2.96. The van der Waals surface area contributed by atoms with E-state index in [0.717, 1.165) is 0 Å². The zero-order chi connectivity index (χ0) is 18.1. The highest BCUT2D eigenvalue weighted by molar-refractivity contribution is 6.20. The Morgan fingerprint density at radius 2 is 0.960 bits per heavy atom. The van der Waals surface area contributed by atoms with Gasteiger partial charge in [-0.15, -0.1) is 0 Å². The molecule has 8 amide bonds. The van der Waals surface area contributed by atoms with Gasteiger partial charge in [-0.3, -0.25) is 40.4 Å². The van der Waals surface area contributed by atoms with E-state index in [4.69, 9.17) is 0 Å². The van der Waals surface area contributed by atoms with Crippen LogP contribution in [0.4, 0.5) is 9.59 Å². The van der Waals surface area contributed by atoms with E-state index in [1.165, 1.54) is 0 Å². The zero-order valence-electron chi connectivity index (χ0n) is 12.6. The van der Waals surface area contributed by atoms with Crippen LogP contribution in [0.2, 0.25) is 0 Å². The number of carbonyl (C=O) groups excluding carboxylic acids is 6. The second kappa shape index (κ2) is 6.15. The number of nitrogens with one attached hydrogen (secondary N) is 4. The Kier molecular flexibility index (Phi) is 4.01. The van der Waals surface area contributed by atoms with Crippen molar-refractivity contribution in [2.75, 3.05) is 0 Å². The first-order valence-electron chi connectivity index (χ1n) is 7.25. The third-order valence-electron chi connectivity index (χ3n) is 3.98. The maximum Gasteiger partial charge on any atom is 0.328 e. The molecule has 0 aliphatic carbocycles. The van der Waals surface area contributed by atoms with Crippen LogP contribution in [0.3, 0.4) is 0 Å². The van der Waals surface area contributed by atoms with Gasteiger partial charge in [0.1, 0.15) is 11.8 Å². The molecular weight excluding hydrogens is 332 g/mol. The third-order valence-corrected chi connectivity index (χ3v) is 3.98. The van der Waals surface area contributed by atoms with E-state index in [1.54, 1.807) is 30.3 Å². The minimum absolute atomic E-state index is 0.358. The Labute approximate surface area is 140 Å². The molecule has 0 saturated carbocycles. The molecule has 0 aromatic heterocycles. The number of benzene rings is 1. The second-order valence-corrected chi connectivity index (χ2v) is 5.51. The standard InChI is InChI=1S/C15H12N4O6/c20-10-8(11(21)17-14(24)16-10)7(6-4-2-1-3-5-6)9-12(22)18-15(25)19-13(9)23/h1-5,7-9H,(H2,16,17,20,21,24)(H2,18,19,22,23,25). The van der Waals surface area contributed by atoms with Crippen molar-refractivity contribution in [2.45, 2.75) is 5.92 Å². The van der Waals surface area contributed by atoms with E-state index >= 15 is 0 Å². The van der Waals surface area contributed by atoms with Crippen LogP contribution in [-0.4, -0.2) is 35.7 Å². The monoisotopic (exact) mass is 344 g/mol. The number of rotatable bonds is 3. The summed E-state index contributed by atoms with van der Waals surface area (Å²) in [4.78, 5) is 71.4. The number of urea groups is 2. The summed E-state index contributed by atoms with van der Waals surface area (Å²) in [6, 6.07) is 6.01. The van der Waals surface area contributed by atoms with Crippen LogP contribution in [0.25, 0.3) is 0 Å². The number of hydrogen-bond donors (Lipinski definition) is 4. The molecule has 2 fully saturated rings. The van der Waals surface area contributed by atoms with Crippen LogP contribution in [-0.2, 0) is 19.2 Å². The first kappa shape index (κ1) is 16.3. The van der Waals surface area contributed by atoms with Crippen LogP contribution in [0.15, 0.2) is 30.3 Å². The van der Waals surface area contributed by atoms with Gasteiger partial charge in [0.15, 0.2) is 0 Å². The summed E-state index contributed by atoms with van der Waals surface area (Å²) >= 11 is 0. The average molecular weight is 344 g/mol. The SMILES string of the molecule is O=C1NC(=O)C(C(c2ccccc2)C2C(=O)NC(=O)NC2=O)C(=O)N1. The molecule has 25 heavy (non-hydrogen) atoms. The summed E-state index contributed by atoms with van der Waals surface area (Å²) < 4.78 is 0. The number of carbonyl (C=O) groups is 6. The fraction of sp³-hybridized carbons (Fsp3) is 0.200. The molecule has 2 aliphatic rings. The van der Waals surface area contributed by atoms with Crippen molar-refractivity contribution in [1.82, 2.24) is 21.3 Å². The van der Waals surface area contributed by atoms with Crippen molar-refractivity contribution < 1.29 is 28.8 Å². The Hall–Kier alpha value is -3.56. The highest BCUT2D eigenvalue weighted by Crippen LogP contribution is 2.35. The molecular formula is C15H12N4O6. The highest BCUT2D eigenvalue weighted by Gasteiger charge is 2.50. The molecule has 128 valence electrons. The molecule has 0 spiro atoms. The minimum Gasteiger partial charge on any atom is -0.277 e. The van der Waals surface area contributed by atoms with Gasteiger partial charge in [-0.05, 0) is 5.56 Å². The fourth-order valence-electron chi connectivity index (χ4n) is 2.96. The van der Waals surface area contributed by atoms with Gasteiger partial charge >= 0.3 is 12.1 Å². The number of amides is 8. The molecule has 4 N–H and O–H groups in total. The van der Waals surface area contributed by atoms with Gasteiger partial charge in [-0.2, -0.15) is 0 Å². The van der Waals surface area contributed by atoms with Gasteiger partial charge < -0.3 is 0 Å².